The van der Waals surface area contributed by atoms with Crippen LogP contribution < -0.4 is 16.0 Å². The van der Waals surface area contributed by atoms with Crippen molar-refractivity contribution in [2.45, 2.75) is 20.3 Å². The molecule has 21 heavy (non-hydrogen) atoms. The molecule has 0 aliphatic heterocycles. The summed E-state index contributed by atoms with van der Waals surface area (Å²) in [6, 6.07) is 6.21. The Kier molecular flexibility index (Phi) is 6.19. The zero-order valence-corrected chi connectivity index (χ0v) is 12.0. The molecule has 0 heterocycles. The average Bonchev–Trinajstić information content (AvgIpc) is 2.38. The number of nitrogens with one attached hydrogen (secondary N) is 3. The predicted octanol–water partition coefficient (Wildman–Crippen LogP) is 1.88. The van der Waals surface area contributed by atoms with E-state index in [1.807, 2.05) is 0 Å². The third-order valence-electron chi connectivity index (χ3n) is 2.54. The van der Waals surface area contributed by atoms with Crippen LogP contribution in [-0.2, 0) is 9.59 Å². The van der Waals surface area contributed by atoms with Gasteiger partial charge >= 0.3 is 12.0 Å². The maximum atomic E-state index is 11.6. The van der Waals surface area contributed by atoms with Crippen LogP contribution in [0.3, 0.4) is 0 Å². The molecule has 0 fully saturated rings. The van der Waals surface area contributed by atoms with Gasteiger partial charge in [-0.2, -0.15) is 0 Å². The molecular formula is C14H19N3O4. The maximum Gasteiger partial charge on any atom is 0.319 e. The van der Waals surface area contributed by atoms with Gasteiger partial charge in [0, 0.05) is 23.8 Å². The second kappa shape index (κ2) is 7.88. The quantitative estimate of drug-likeness (QED) is 0.642. The fourth-order valence-corrected chi connectivity index (χ4v) is 1.42. The fourth-order valence-electron chi connectivity index (χ4n) is 1.42. The van der Waals surface area contributed by atoms with E-state index in [0.717, 1.165) is 0 Å². The Bertz CT molecular complexity index is 529. The topological polar surface area (TPSA) is 108 Å². The van der Waals surface area contributed by atoms with E-state index >= 15 is 0 Å². The predicted molar refractivity (Wildman–Crippen MR) is 79.2 cm³/mol. The number of hydrogen-bond acceptors (Lipinski definition) is 3. The molecule has 1 aromatic carbocycles. The summed E-state index contributed by atoms with van der Waals surface area (Å²) in [5, 5.41) is 16.2. The van der Waals surface area contributed by atoms with Crippen LogP contribution in [0.15, 0.2) is 24.3 Å². The molecule has 0 spiro atoms. The number of aliphatic carboxylic acids is 1. The zero-order valence-electron chi connectivity index (χ0n) is 12.0. The van der Waals surface area contributed by atoms with E-state index < -0.39 is 12.0 Å². The standard InChI is InChI=1S/C14H19N3O4/c1-9(2)13(20)16-10-4-3-5-11(8-10)17-14(21)15-7-6-12(18)19/h3-5,8-9H,6-7H2,1-2H3,(H,16,20)(H,18,19)(H2,15,17,21). The van der Waals surface area contributed by atoms with Crippen LogP contribution in [0.5, 0.6) is 0 Å². The van der Waals surface area contributed by atoms with Crippen LogP contribution in [-0.4, -0.2) is 29.6 Å². The van der Waals surface area contributed by atoms with E-state index in [2.05, 4.69) is 16.0 Å². The molecule has 0 aliphatic rings. The van der Waals surface area contributed by atoms with Gasteiger partial charge in [-0.25, -0.2) is 4.79 Å². The van der Waals surface area contributed by atoms with Crippen molar-refractivity contribution in [1.29, 1.82) is 0 Å². The third kappa shape index (κ3) is 6.42. The molecule has 4 N–H and O–H groups in total. The Morgan fingerprint density at radius 3 is 2.33 bits per heavy atom. The fraction of sp³-hybridized carbons (Fsp3) is 0.357. The number of amides is 3. The van der Waals surface area contributed by atoms with Gasteiger partial charge in [0.1, 0.15) is 0 Å². The molecule has 1 aromatic rings. The van der Waals surface area contributed by atoms with Gasteiger partial charge in [-0.05, 0) is 18.2 Å². The minimum atomic E-state index is -0.978. The molecule has 0 unspecified atom stereocenters. The first-order chi connectivity index (χ1) is 9.88. The van der Waals surface area contributed by atoms with Crippen LogP contribution in [0.25, 0.3) is 0 Å². The summed E-state index contributed by atoms with van der Waals surface area (Å²) < 4.78 is 0. The van der Waals surface area contributed by atoms with Crippen molar-refractivity contribution in [3.8, 4) is 0 Å². The van der Waals surface area contributed by atoms with Gasteiger partial charge in [-0.15, -0.1) is 0 Å². The molecule has 0 radical (unpaired) electrons. The van der Waals surface area contributed by atoms with E-state index in [1.54, 1.807) is 38.1 Å². The summed E-state index contributed by atoms with van der Waals surface area (Å²) in [4.78, 5) is 33.4. The van der Waals surface area contributed by atoms with Crippen LogP contribution in [0.1, 0.15) is 20.3 Å². The summed E-state index contributed by atoms with van der Waals surface area (Å²) in [7, 11) is 0. The summed E-state index contributed by atoms with van der Waals surface area (Å²) >= 11 is 0. The molecule has 0 saturated carbocycles. The van der Waals surface area contributed by atoms with Gasteiger partial charge in [0.15, 0.2) is 0 Å². The lowest BCUT2D eigenvalue weighted by Gasteiger charge is -2.10. The smallest absolute Gasteiger partial charge is 0.319 e. The van der Waals surface area contributed by atoms with Gasteiger partial charge in [-0.1, -0.05) is 19.9 Å². The van der Waals surface area contributed by atoms with E-state index in [4.69, 9.17) is 5.11 Å². The second-order valence-electron chi connectivity index (χ2n) is 4.75. The lowest BCUT2D eigenvalue weighted by atomic mass is 10.2. The lowest BCUT2D eigenvalue weighted by Crippen LogP contribution is -2.30. The van der Waals surface area contributed by atoms with Gasteiger partial charge in [0.25, 0.3) is 0 Å². The molecule has 0 aliphatic carbocycles. The van der Waals surface area contributed by atoms with Crippen LogP contribution in [0.4, 0.5) is 16.2 Å². The van der Waals surface area contributed by atoms with Crippen molar-refractivity contribution in [3.05, 3.63) is 24.3 Å². The highest BCUT2D eigenvalue weighted by Gasteiger charge is 2.08. The monoisotopic (exact) mass is 293 g/mol. The number of carbonyl (C=O) groups is 3. The average molecular weight is 293 g/mol. The van der Waals surface area contributed by atoms with E-state index in [1.165, 1.54) is 0 Å². The van der Waals surface area contributed by atoms with E-state index in [9.17, 15) is 14.4 Å². The Labute approximate surface area is 122 Å². The van der Waals surface area contributed by atoms with Crippen molar-refractivity contribution in [3.63, 3.8) is 0 Å². The molecule has 0 atom stereocenters. The molecule has 3 amide bonds. The molecule has 0 saturated heterocycles. The Morgan fingerprint density at radius 1 is 1.14 bits per heavy atom. The zero-order chi connectivity index (χ0) is 15.8. The number of urea groups is 1. The molecule has 7 heteroatoms. The number of rotatable bonds is 6. The van der Waals surface area contributed by atoms with Gasteiger partial charge in [0.05, 0.1) is 6.42 Å². The highest BCUT2D eigenvalue weighted by Crippen LogP contribution is 2.15. The number of hydrogen-bond donors (Lipinski definition) is 4. The minimum absolute atomic E-state index is 0.0466. The number of carboxylic acids is 1. The molecule has 7 nitrogen and oxygen atoms in total. The van der Waals surface area contributed by atoms with E-state index in [-0.39, 0.29) is 24.8 Å². The second-order valence-corrected chi connectivity index (χ2v) is 4.75. The van der Waals surface area contributed by atoms with Gasteiger partial charge in [-0.3, -0.25) is 9.59 Å². The van der Waals surface area contributed by atoms with Crippen LogP contribution in [0, 0.1) is 5.92 Å². The lowest BCUT2D eigenvalue weighted by molar-refractivity contribution is -0.136. The van der Waals surface area contributed by atoms with Crippen molar-refractivity contribution in [2.24, 2.45) is 5.92 Å². The third-order valence-corrected chi connectivity index (χ3v) is 2.54. The largest absolute Gasteiger partial charge is 0.481 e. The van der Waals surface area contributed by atoms with E-state index in [0.29, 0.717) is 11.4 Å². The van der Waals surface area contributed by atoms with Gasteiger partial charge in [0.2, 0.25) is 5.91 Å². The number of carbonyl (C=O) groups excluding carboxylic acids is 2. The molecule has 1 rings (SSSR count). The molecule has 114 valence electrons. The van der Waals surface area contributed by atoms with Gasteiger partial charge < -0.3 is 21.1 Å². The summed E-state index contributed by atoms with van der Waals surface area (Å²) in [6.45, 7) is 3.62. The molecule has 0 aromatic heterocycles. The van der Waals surface area contributed by atoms with Crippen LogP contribution in [0.2, 0.25) is 0 Å². The number of anilines is 2. The Balaban J connectivity index is 2.54. The minimum Gasteiger partial charge on any atom is -0.481 e. The maximum absolute atomic E-state index is 11.6. The SMILES string of the molecule is CC(C)C(=O)Nc1cccc(NC(=O)NCCC(=O)O)c1. The van der Waals surface area contributed by atoms with Crippen molar-refractivity contribution in [1.82, 2.24) is 5.32 Å². The van der Waals surface area contributed by atoms with Crippen molar-refractivity contribution in [2.75, 3.05) is 17.2 Å². The summed E-state index contributed by atoms with van der Waals surface area (Å²) in [5.74, 6) is -1.23. The summed E-state index contributed by atoms with van der Waals surface area (Å²) in [5.41, 5.74) is 1.08. The first kappa shape index (κ1) is 16.5. The van der Waals surface area contributed by atoms with Crippen molar-refractivity contribution < 1.29 is 19.5 Å². The molecular weight excluding hydrogens is 274 g/mol. The highest BCUT2D eigenvalue weighted by molar-refractivity contribution is 5.94. The number of carboxylic acid groups (broad SMARTS) is 1. The normalized spacial score (nSPS) is 10.0. The highest BCUT2D eigenvalue weighted by atomic mass is 16.4. The first-order valence-electron chi connectivity index (χ1n) is 6.56. The first-order valence-corrected chi connectivity index (χ1v) is 6.56. The van der Waals surface area contributed by atoms with Crippen LogP contribution >= 0.6 is 0 Å². The number of benzene rings is 1. The van der Waals surface area contributed by atoms with Crippen molar-refractivity contribution >= 4 is 29.3 Å². The molecule has 0 bridgehead atoms. The Hall–Kier alpha value is -2.57. The Morgan fingerprint density at radius 2 is 1.76 bits per heavy atom. The summed E-state index contributed by atoms with van der Waals surface area (Å²) in [6.07, 6.45) is -0.141.